The van der Waals surface area contributed by atoms with Crippen molar-refractivity contribution in [2.75, 3.05) is 0 Å². The fraction of sp³-hybridized carbons (Fsp3) is 0.0833. The molecule has 0 unspecified atom stereocenters. The molecule has 3 heteroatoms. The monoisotopic (exact) mass is 352 g/mol. The molecule has 0 N–H and O–H groups in total. The fourth-order valence-corrected chi connectivity index (χ4v) is 3.34. The quantitative estimate of drug-likeness (QED) is 0.440. The van der Waals surface area contributed by atoms with E-state index in [1.165, 1.54) is 0 Å². The molecular formula is C24H20N2O. The second kappa shape index (κ2) is 7.04. The van der Waals surface area contributed by atoms with Gasteiger partial charge < -0.3 is 0 Å². The van der Waals surface area contributed by atoms with Gasteiger partial charge in [-0.05, 0) is 24.6 Å². The van der Waals surface area contributed by atoms with Crippen molar-refractivity contribution in [2.24, 2.45) is 0 Å². The summed E-state index contributed by atoms with van der Waals surface area (Å²) < 4.78 is 1.98. The number of hydrogen-bond acceptors (Lipinski definition) is 2. The largest absolute Gasteiger partial charge is 0.293 e. The molecule has 3 nitrogen and oxygen atoms in total. The Morgan fingerprint density at radius 2 is 1.44 bits per heavy atom. The highest BCUT2D eigenvalue weighted by Crippen LogP contribution is 2.32. The Kier molecular flexibility index (Phi) is 4.43. The van der Waals surface area contributed by atoms with Gasteiger partial charge in [-0.1, -0.05) is 72.8 Å². The number of Topliss-reactive ketones (excluding diaryl/α,β-unsaturated/α-hetero) is 1. The number of aromatic nitrogens is 2. The second-order valence-corrected chi connectivity index (χ2v) is 6.60. The number of nitrogens with zero attached hydrogens (tertiary/aromatic N) is 2. The summed E-state index contributed by atoms with van der Waals surface area (Å²) >= 11 is 0. The highest BCUT2D eigenvalue weighted by Gasteiger charge is 2.23. The van der Waals surface area contributed by atoms with Gasteiger partial charge in [-0.2, -0.15) is 0 Å². The first-order chi connectivity index (χ1) is 13.1. The molecule has 0 bridgehead atoms. The van der Waals surface area contributed by atoms with Gasteiger partial charge >= 0.3 is 0 Å². The SMILES string of the molecule is CC(=O)c1c(-c2ccccc2)nc(-c2ccccc2)n1-c1cccc(C)c1. The van der Waals surface area contributed by atoms with Crippen LogP contribution in [0.3, 0.4) is 0 Å². The number of aryl methyl sites for hydroxylation is 1. The van der Waals surface area contributed by atoms with Gasteiger partial charge in [0.1, 0.15) is 17.2 Å². The van der Waals surface area contributed by atoms with Gasteiger partial charge in [-0.15, -0.1) is 0 Å². The average molecular weight is 352 g/mol. The Hall–Kier alpha value is -3.46. The molecule has 0 atom stereocenters. The molecule has 132 valence electrons. The van der Waals surface area contributed by atoms with Crippen LogP contribution in [0.25, 0.3) is 28.3 Å². The molecule has 27 heavy (non-hydrogen) atoms. The lowest BCUT2D eigenvalue weighted by atomic mass is 10.1. The van der Waals surface area contributed by atoms with E-state index in [1.807, 2.05) is 90.4 Å². The molecule has 0 amide bonds. The van der Waals surface area contributed by atoms with Crippen molar-refractivity contribution in [3.05, 3.63) is 96.2 Å². The number of hydrogen-bond donors (Lipinski definition) is 0. The van der Waals surface area contributed by atoms with Gasteiger partial charge in [0.25, 0.3) is 0 Å². The summed E-state index contributed by atoms with van der Waals surface area (Å²) in [7, 11) is 0. The van der Waals surface area contributed by atoms with Crippen LogP contribution in [0.5, 0.6) is 0 Å². The Morgan fingerprint density at radius 1 is 0.815 bits per heavy atom. The second-order valence-electron chi connectivity index (χ2n) is 6.60. The summed E-state index contributed by atoms with van der Waals surface area (Å²) in [5.41, 5.74) is 5.30. The molecule has 4 rings (SSSR count). The lowest BCUT2D eigenvalue weighted by Gasteiger charge is -2.12. The standard InChI is InChI=1S/C24H20N2O/c1-17-10-9-15-21(16-17)26-23(18(2)27)22(19-11-5-3-6-12-19)25-24(26)20-13-7-4-8-14-20/h3-16H,1-2H3. The zero-order valence-corrected chi connectivity index (χ0v) is 15.4. The molecule has 0 aliphatic rings. The minimum atomic E-state index is -0.00922. The summed E-state index contributed by atoms with van der Waals surface area (Å²) in [6, 6.07) is 28.0. The molecule has 4 aromatic rings. The highest BCUT2D eigenvalue weighted by molar-refractivity contribution is 6.00. The van der Waals surface area contributed by atoms with E-state index >= 15 is 0 Å². The first-order valence-electron chi connectivity index (χ1n) is 8.96. The predicted octanol–water partition coefficient (Wildman–Crippen LogP) is 5.72. The zero-order valence-electron chi connectivity index (χ0n) is 15.4. The minimum Gasteiger partial charge on any atom is -0.293 e. The molecule has 0 saturated heterocycles. The van der Waals surface area contributed by atoms with E-state index in [9.17, 15) is 4.79 Å². The van der Waals surface area contributed by atoms with E-state index in [0.717, 1.165) is 28.2 Å². The maximum atomic E-state index is 12.7. The van der Waals surface area contributed by atoms with Crippen molar-refractivity contribution in [1.82, 2.24) is 9.55 Å². The predicted molar refractivity (Wildman–Crippen MR) is 109 cm³/mol. The molecule has 0 spiro atoms. The van der Waals surface area contributed by atoms with Gasteiger partial charge in [0, 0.05) is 23.7 Å². The Morgan fingerprint density at radius 3 is 2.04 bits per heavy atom. The number of carbonyl (C=O) groups excluding carboxylic acids is 1. The number of imidazole rings is 1. The summed E-state index contributed by atoms with van der Waals surface area (Å²) in [5.74, 6) is 0.760. The fourth-order valence-electron chi connectivity index (χ4n) is 3.34. The molecule has 0 saturated carbocycles. The van der Waals surface area contributed by atoms with Gasteiger partial charge in [-0.25, -0.2) is 4.98 Å². The molecular weight excluding hydrogens is 332 g/mol. The zero-order chi connectivity index (χ0) is 18.8. The normalized spacial score (nSPS) is 10.7. The maximum absolute atomic E-state index is 12.7. The minimum absolute atomic E-state index is 0.00922. The van der Waals surface area contributed by atoms with Crippen molar-refractivity contribution in [2.45, 2.75) is 13.8 Å². The Balaban J connectivity index is 2.08. The number of ketones is 1. The van der Waals surface area contributed by atoms with Crippen LogP contribution in [-0.4, -0.2) is 15.3 Å². The van der Waals surface area contributed by atoms with Crippen LogP contribution >= 0.6 is 0 Å². The molecule has 3 aromatic carbocycles. The van der Waals surface area contributed by atoms with Gasteiger partial charge in [-0.3, -0.25) is 9.36 Å². The highest BCUT2D eigenvalue weighted by atomic mass is 16.1. The average Bonchev–Trinajstić information content (AvgIpc) is 3.10. The van der Waals surface area contributed by atoms with Crippen LogP contribution in [0.15, 0.2) is 84.9 Å². The van der Waals surface area contributed by atoms with E-state index in [-0.39, 0.29) is 5.78 Å². The summed E-state index contributed by atoms with van der Waals surface area (Å²) in [5, 5.41) is 0. The van der Waals surface area contributed by atoms with Crippen molar-refractivity contribution in [3.63, 3.8) is 0 Å². The van der Waals surface area contributed by atoms with Crippen LogP contribution in [-0.2, 0) is 0 Å². The molecule has 0 fully saturated rings. The number of rotatable bonds is 4. The van der Waals surface area contributed by atoms with Gasteiger partial charge in [0.15, 0.2) is 5.78 Å². The molecule has 1 heterocycles. The molecule has 0 radical (unpaired) electrons. The summed E-state index contributed by atoms with van der Waals surface area (Å²) in [4.78, 5) is 17.6. The maximum Gasteiger partial charge on any atom is 0.178 e. The molecule has 0 aliphatic carbocycles. The van der Waals surface area contributed by atoms with Crippen LogP contribution in [0.4, 0.5) is 0 Å². The summed E-state index contributed by atoms with van der Waals surface area (Å²) in [6.07, 6.45) is 0. The molecule has 0 aliphatic heterocycles. The first kappa shape index (κ1) is 17.0. The van der Waals surface area contributed by atoms with Crippen LogP contribution in [0.1, 0.15) is 23.0 Å². The third-order valence-electron chi connectivity index (χ3n) is 4.55. The van der Waals surface area contributed by atoms with E-state index in [4.69, 9.17) is 4.98 Å². The Labute approximate surface area is 158 Å². The van der Waals surface area contributed by atoms with Crippen LogP contribution in [0.2, 0.25) is 0 Å². The Bertz CT molecular complexity index is 1100. The lowest BCUT2D eigenvalue weighted by Crippen LogP contribution is -2.07. The van der Waals surface area contributed by atoms with Crippen LogP contribution < -0.4 is 0 Å². The lowest BCUT2D eigenvalue weighted by molar-refractivity contribution is 0.101. The third kappa shape index (κ3) is 3.20. The van der Waals surface area contributed by atoms with E-state index in [1.54, 1.807) is 6.92 Å². The number of benzene rings is 3. The van der Waals surface area contributed by atoms with Crippen molar-refractivity contribution in [3.8, 4) is 28.3 Å². The van der Waals surface area contributed by atoms with Crippen molar-refractivity contribution >= 4 is 5.78 Å². The van der Waals surface area contributed by atoms with E-state index in [2.05, 4.69) is 6.07 Å². The first-order valence-corrected chi connectivity index (χ1v) is 8.96. The van der Waals surface area contributed by atoms with E-state index in [0.29, 0.717) is 11.4 Å². The van der Waals surface area contributed by atoms with E-state index < -0.39 is 0 Å². The van der Waals surface area contributed by atoms with Crippen molar-refractivity contribution in [1.29, 1.82) is 0 Å². The third-order valence-corrected chi connectivity index (χ3v) is 4.55. The van der Waals surface area contributed by atoms with Crippen LogP contribution in [0, 0.1) is 6.92 Å². The van der Waals surface area contributed by atoms with Gasteiger partial charge in [0.2, 0.25) is 0 Å². The number of carbonyl (C=O) groups is 1. The smallest absolute Gasteiger partial charge is 0.178 e. The van der Waals surface area contributed by atoms with Gasteiger partial charge in [0.05, 0.1) is 0 Å². The topological polar surface area (TPSA) is 34.9 Å². The molecule has 1 aromatic heterocycles. The van der Waals surface area contributed by atoms with Crippen molar-refractivity contribution < 1.29 is 4.79 Å². The summed E-state index contributed by atoms with van der Waals surface area (Å²) in [6.45, 7) is 3.65.